The molecule has 0 amide bonds. The van der Waals surface area contributed by atoms with Gasteiger partial charge >= 0.3 is 11.9 Å². The van der Waals surface area contributed by atoms with E-state index in [4.69, 9.17) is 23.7 Å². The zero-order valence-corrected chi connectivity index (χ0v) is 23.9. The molecule has 0 saturated carbocycles. The van der Waals surface area contributed by atoms with Crippen LogP contribution in [0.3, 0.4) is 0 Å². The largest absolute Gasteiger partial charge is 0.494 e. The van der Waals surface area contributed by atoms with Crippen molar-refractivity contribution in [1.29, 1.82) is 0 Å². The molecule has 0 saturated heterocycles. The second-order valence-electron chi connectivity index (χ2n) is 9.81. The van der Waals surface area contributed by atoms with Crippen LogP contribution in [0.4, 0.5) is 5.69 Å². The van der Waals surface area contributed by atoms with Crippen LogP contribution in [0.25, 0.3) is 0 Å². The van der Waals surface area contributed by atoms with Crippen molar-refractivity contribution >= 4 is 17.6 Å². The molecule has 8 heteroatoms. The Morgan fingerprint density at radius 2 is 1.71 bits per heavy atom. The highest BCUT2D eigenvalue weighted by Crippen LogP contribution is 2.42. The number of aryl methyl sites for hydroxylation is 1. The van der Waals surface area contributed by atoms with Crippen molar-refractivity contribution in [2.24, 2.45) is 0 Å². The minimum absolute atomic E-state index is 0.263. The average Bonchev–Trinajstić information content (AvgIpc) is 3.00. The maximum atomic E-state index is 12.6. The fourth-order valence-corrected chi connectivity index (χ4v) is 4.66. The number of unbranched alkanes of at least 4 members (excludes halogenated alkanes) is 1. The Kier molecular flexibility index (Phi) is 11.3. The van der Waals surface area contributed by atoms with Gasteiger partial charge in [-0.05, 0) is 68.0 Å². The van der Waals surface area contributed by atoms with Crippen molar-refractivity contribution < 1.29 is 33.3 Å². The lowest BCUT2D eigenvalue weighted by Gasteiger charge is -2.36. The van der Waals surface area contributed by atoms with E-state index in [-0.39, 0.29) is 19.0 Å². The minimum atomic E-state index is -0.797. The molecule has 8 nitrogen and oxygen atoms in total. The van der Waals surface area contributed by atoms with Gasteiger partial charge < -0.3 is 28.6 Å². The Morgan fingerprint density at radius 1 is 0.902 bits per heavy atom. The van der Waals surface area contributed by atoms with E-state index in [1.54, 1.807) is 6.92 Å². The van der Waals surface area contributed by atoms with Gasteiger partial charge in [-0.1, -0.05) is 48.5 Å². The lowest BCUT2D eigenvalue weighted by Crippen LogP contribution is -2.45. The van der Waals surface area contributed by atoms with Crippen LogP contribution in [0, 0.1) is 0 Å². The topological polar surface area (TPSA) is 83.5 Å². The van der Waals surface area contributed by atoms with Gasteiger partial charge in [0.05, 0.1) is 32.6 Å². The van der Waals surface area contributed by atoms with Crippen LogP contribution in [0.5, 0.6) is 17.2 Å². The summed E-state index contributed by atoms with van der Waals surface area (Å²) in [5, 5.41) is 0. The first-order valence-corrected chi connectivity index (χ1v) is 14.2. The normalized spacial score (nSPS) is 14.0. The number of carbonyl (C=O) groups excluding carboxylic acids is 2. The smallest absolute Gasteiger partial charge is 0.349 e. The van der Waals surface area contributed by atoms with Crippen LogP contribution in [0.1, 0.15) is 43.7 Å². The molecule has 218 valence electrons. The number of anilines is 1. The van der Waals surface area contributed by atoms with Crippen molar-refractivity contribution in [2.45, 2.75) is 51.7 Å². The third-order valence-corrected chi connectivity index (χ3v) is 6.82. The summed E-state index contributed by atoms with van der Waals surface area (Å²) < 4.78 is 28.2. The molecule has 0 aromatic heterocycles. The van der Waals surface area contributed by atoms with Crippen molar-refractivity contribution in [1.82, 2.24) is 0 Å². The highest BCUT2D eigenvalue weighted by Gasteiger charge is 2.33. The standard InChI is InChI=1S/C33H39NO7/c1-3-38-33(36)30-23-34(21-10-16-31(35)37-2)28-14-9-15-29(32(28)41-30)40-24-26-17-19-27(20-18-26)39-22-8-7-13-25-11-5-4-6-12-25/h4-6,9,11-12,14-15,17-20,30H,3,7-8,10,13,16,21-24H2,1-2H3. The molecule has 4 rings (SSSR count). The molecule has 0 aliphatic carbocycles. The fourth-order valence-electron chi connectivity index (χ4n) is 4.66. The molecule has 1 aliphatic heterocycles. The lowest BCUT2D eigenvalue weighted by molar-refractivity contribution is -0.151. The van der Waals surface area contributed by atoms with Crippen LogP contribution >= 0.6 is 0 Å². The number of para-hydroxylation sites is 1. The number of ether oxygens (including phenoxy) is 5. The van der Waals surface area contributed by atoms with Crippen LogP contribution in [0.15, 0.2) is 72.8 Å². The van der Waals surface area contributed by atoms with E-state index in [0.29, 0.717) is 44.2 Å². The van der Waals surface area contributed by atoms with Crippen molar-refractivity contribution in [3.05, 3.63) is 83.9 Å². The Bertz CT molecular complexity index is 1250. The summed E-state index contributed by atoms with van der Waals surface area (Å²) in [5.74, 6) is 1.16. The van der Waals surface area contributed by atoms with Gasteiger partial charge in [-0.3, -0.25) is 4.79 Å². The van der Waals surface area contributed by atoms with E-state index >= 15 is 0 Å². The first-order chi connectivity index (χ1) is 20.1. The third kappa shape index (κ3) is 8.90. The quantitative estimate of drug-likeness (QED) is 0.171. The lowest BCUT2D eigenvalue weighted by atomic mass is 10.1. The van der Waals surface area contributed by atoms with Gasteiger partial charge in [-0.15, -0.1) is 0 Å². The Hall–Kier alpha value is -4.20. The van der Waals surface area contributed by atoms with Gasteiger partial charge in [0.25, 0.3) is 0 Å². The fraction of sp³-hybridized carbons (Fsp3) is 0.394. The summed E-state index contributed by atoms with van der Waals surface area (Å²) in [5.41, 5.74) is 3.14. The van der Waals surface area contributed by atoms with E-state index < -0.39 is 12.1 Å². The van der Waals surface area contributed by atoms with E-state index in [2.05, 4.69) is 24.3 Å². The molecule has 0 N–H and O–H groups in total. The molecular weight excluding hydrogens is 522 g/mol. The van der Waals surface area contributed by atoms with Gasteiger partial charge in [-0.2, -0.15) is 0 Å². The van der Waals surface area contributed by atoms with Gasteiger partial charge in [0.2, 0.25) is 6.10 Å². The molecule has 3 aromatic carbocycles. The average molecular weight is 562 g/mol. The highest BCUT2D eigenvalue weighted by atomic mass is 16.6. The molecule has 0 spiro atoms. The minimum Gasteiger partial charge on any atom is -0.494 e. The summed E-state index contributed by atoms with van der Waals surface area (Å²) >= 11 is 0. The molecule has 3 aromatic rings. The Balaban J connectivity index is 1.33. The number of nitrogens with zero attached hydrogens (tertiary/aromatic N) is 1. The number of methoxy groups -OCH3 is 1. The van der Waals surface area contributed by atoms with Gasteiger partial charge in [0.1, 0.15) is 12.4 Å². The Morgan fingerprint density at radius 3 is 2.46 bits per heavy atom. The molecule has 1 atom stereocenters. The summed E-state index contributed by atoms with van der Waals surface area (Å²) in [4.78, 5) is 26.2. The summed E-state index contributed by atoms with van der Waals surface area (Å²) in [6, 6.07) is 24.0. The number of fused-ring (bicyclic) bond motifs is 1. The highest BCUT2D eigenvalue weighted by molar-refractivity contribution is 5.79. The van der Waals surface area contributed by atoms with Crippen LogP contribution in [0.2, 0.25) is 0 Å². The number of hydrogen-bond acceptors (Lipinski definition) is 8. The second kappa shape index (κ2) is 15.6. The van der Waals surface area contributed by atoms with Crippen LogP contribution < -0.4 is 19.1 Å². The molecule has 1 unspecified atom stereocenters. The molecule has 1 heterocycles. The first-order valence-electron chi connectivity index (χ1n) is 14.2. The predicted octanol–water partition coefficient (Wildman–Crippen LogP) is 5.75. The third-order valence-electron chi connectivity index (χ3n) is 6.82. The van der Waals surface area contributed by atoms with E-state index in [9.17, 15) is 9.59 Å². The number of carbonyl (C=O) groups is 2. The zero-order chi connectivity index (χ0) is 28.9. The maximum absolute atomic E-state index is 12.6. The number of benzene rings is 3. The van der Waals surface area contributed by atoms with Crippen molar-refractivity contribution in [3.8, 4) is 17.2 Å². The van der Waals surface area contributed by atoms with Crippen molar-refractivity contribution in [3.63, 3.8) is 0 Å². The Labute approximate surface area is 242 Å². The van der Waals surface area contributed by atoms with Gasteiger partial charge in [-0.25, -0.2) is 4.79 Å². The molecule has 0 fully saturated rings. The molecular formula is C33H39NO7. The zero-order valence-electron chi connectivity index (χ0n) is 23.9. The van der Waals surface area contributed by atoms with Crippen LogP contribution in [-0.2, 0) is 32.1 Å². The van der Waals surface area contributed by atoms with Gasteiger partial charge in [0, 0.05) is 13.0 Å². The van der Waals surface area contributed by atoms with E-state index in [0.717, 1.165) is 36.3 Å². The monoisotopic (exact) mass is 561 g/mol. The predicted molar refractivity (Wildman–Crippen MR) is 157 cm³/mol. The first kappa shape index (κ1) is 29.8. The molecule has 41 heavy (non-hydrogen) atoms. The maximum Gasteiger partial charge on any atom is 0.349 e. The second-order valence-corrected chi connectivity index (χ2v) is 9.81. The van der Waals surface area contributed by atoms with Gasteiger partial charge in [0.15, 0.2) is 11.5 Å². The summed E-state index contributed by atoms with van der Waals surface area (Å²) in [6.45, 7) is 3.90. The van der Waals surface area contributed by atoms with Crippen molar-refractivity contribution in [2.75, 3.05) is 38.3 Å². The number of hydrogen-bond donors (Lipinski definition) is 0. The SMILES string of the molecule is CCOC(=O)C1CN(CCCC(=O)OC)c2cccc(OCc3ccc(OCCCCc4ccccc4)cc3)c2O1. The van der Waals surface area contributed by atoms with E-state index in [1.165, 1.54) is 12.7 Å². The number of rotatable bonds is 15. The summed E-state index contributed by atoms with van der Waals surface area (Å²) in [6.07, 6.45) is 3.20. The number of esters is 2. The molecule has 0 bridgehead atoms. The summed E-state index contributed by atoms with van der Waals surface area (Å²) in [7, 11) is 1.38. The molecule has 0 radical (unpaired) electrons. The van der Waals surface area contributed by atoms with Crippen LogP contribution in [-0.4, -0.2) is 51.5 Å². The molecule has 1 aliphatic rings. The van der Waals surface area contributed by atoms with E-state index in [1.807, 2.05) is 53.4 Å².